The number of rotatable bonds is 7. The minimum absolute atomic E-state index is 0.0680. The summed E-state index contributed by atoms with van der Waals surface area (Å²) in [7, 11) is -3.29. The van der Waals surface area contributed by atoms with Gasteiger partial charge in [0.1, 0.15) is 18.5 Å². The molecular formula is C13H17ClO4S. The van der Waals surface area contributed by atoms with E-state index in [0.717, 1.165) is 0 Å². The second-order valence-corrected chi connectivity index (χ2v) is 6.65. The minimum atomic E-state index is -3.29. The third kappa shape index (κ3) is 6.61. The van der Waals surface area contributed by atoms with Gasteiger partial charge < -0.3 is 9.84 Å². The van der Waals surface area contributed by atoms with E-state index in [2.05, 4.69) is 0 Å². The summed E-state index contributed by atoms with van der Waals surface area (Å²) in [6.07, 6.45) is 2.15. The van der Waals surface area contributed by atoms with Crippen LogP contribution in [0.5, 0.6) is 5.75 Å². The van der Waals surface area contributed by atoms with Crippen LogP contribution in [0.1, 0.15) is 6.92 Å². The first-order chi connectivity index (χ1) is 8.93. The van der Waals surface area contributed by atoms with Crippen molar-refractivity contribution < 1.29 is 18.3 Å². The highest BCUT2D eigenvalue weighted by Crippen LogP contribution is 2.15. The Morgan fingerprint density at radius 2 is 2.00 bits per heavy atom. The molecule has 0 aliphatic carbocycles. The van der Waals surface area contributed by atoms with Gasteiger partial charge in [0.05, 0.1) is 11.5 Å². The molecule has 0 aliphatic rings. The van der Waals surface area contributed by atoms with Gasteiger partial charge in [-0.15, -0.1) is 0 Å². The zero-order valence-corrected chi connectivity index (χ0v) is 12.2. The van der Waals surface area contributed by atoms with Crippen LogP contribution in [-0.4, -0.2) is 37.7 Å². The predicted octanol–water partition coefficient (Wildman–Crippen LogP) is 2.07. The Kier molecular flexibility index (Phi) is 6.34. The molecule has 1 aromatic rings. The van der Waals surface area contributed by atoms with E-state index in [4.69, 9.17) is 16.3 Å². The first-order valence-electron chi connectivity index (χ1n) is 5.81. The number of sulfone groups is 1. The highest BCUT2D eigenvalue weighted by molar-refractivity contribution is 7.91. The summed E-state index contributed by atoms with van der Waals surface area (Å²) in [5.74, 6) is 0.154. The zero-order valence-electron chi connectivity index (χ0n) is 10.6. The van der Waals surface area contributed by atoms with Crippen LogP contribution in [-0.2, 0) is 9.84 Å². The Balaban J connectivity index is 2.43. The number of ether oxygens (including phenoxy) is 1. The third-order valence-electron chi connectivity index (χ3n) is 2.29. The van der Waals surface area contributed by atoms with Crippen LogP contribution >= 0.6 is 11.6 Å². The SMILES string of the molecule is CC=CCS(=O)(=O)CC(O)COc1ccc(Cl)cc1. The quantitative estimate of drug-likeness (QED) is 0.783. The van der Waals surface area contributed by atoms with E-state index in [9.17, 15) is 13.5 Å². The molecule has 4 nitrogen and oxygen atoms in total. The maximum Gasteiger partial charge on any atom is 0.156 e. The fourth-order valence-corrected chi connectivity index (χ4v) is 2.81. The van der Waals surface area contributed by atoms with Crippen molar-refractivity contribution in [1.82, 2.24) is 0 Å². The average molecular weight is 305 g/mol. The molecule has 1 rings (SSSR count). The van der Waals surface area contributed by atoms with Crippen molar-refractivity contribution in [3.63, 3.8) is 0 Å². The molecule has 0 fully saturated rings. The van der Waals surface area contributed by atoms with E-state index in [0.29, 0.717) is 10.8 Å². The Morgan fingerprint density at radius 3 is 2.58 bits per heavy atom. The Bertz CT molecular complexity index is 508. The number of hydrogen-bond acceptors (Lipinski definition) is 4. The second kappa shape index (κ2) is 7.53. The lowest BCUT2D eigenvalue weighted by Gasteiger charge is -2.12. The summed E-state index contributed by atoms with van der Waals surface area (Å²) in [5, 5.41) is 10.2. The lowest BCUT2D eigenvalue weighted by molar-refractivity contribution is 0.125. The summed E-state index contributed by atoms with van der Waals surface area (Å²) in [4.78, 5) is 0. The smallest absolute Gasteiger partial charge is 0.156 e. The van der Waals surface area contributed by atoms with Crippen molar-refractivity contribution in [3.8, 4) is 5.75 Å². The number of aliphatic hydroxyl groups excluding tert-OH is 1. The highest BCUT2D eigenvalue weighted by Gasteiger charge is 2.16. The molecular weight excluding hydrogens is 288 g/mol. The Labute approximate surface area is 118 Å². The van der Waals surface area contributed by atoms with Crippen molar-refractivity contribution >= 4 is 21.4 Å². The van der Waals surface area contributed by atoms with E-state index < -0.39 is 15.9 Å². The number of halogens is 1. The lowest BCUT2D eigenvalue weighted by Crippen LogP contribution is -2.28. The summed E-state index contributed by atoms with van der Waals surface area (Å²) in [6.45, 7) is 1.67. The molecule has 0 saturated heterocycles. The molecule has 0 heterocycles. The molecule has 0 amide bonds. The van der Waals surface area contributed by atoms with E-state index in [1.807, 2.05) is 0 Å². The second-order valence-electron chi connectivity index (χ2n) is 4.06. The van der Waals surface area contributed by atoms with Gasteiger partial charge in [-0.3, -0.25) is 0 Å². The standard InChI is InChI=1S/C13H17ClO4S/c1-2-3-8-19(16,17)10-12(15)9-18-13-6-4-11(14)5-7-13/h2-7,12,15H,8-10H2,1H3. The molecule has 6 heteroatoms. The Morgan fingerprint density at radius 1 is 1.37 bits per heavy atom. The molecule has 0 saturated carbocycles. The largest absolute Gasteiger partial charge is 0.491 e. The van der Waals surface area contributed by atoms with Crippen molar-refractivity contribution in [2.45, 2.75) is 13.0 Å². The summed E-state index contributed by atoms with van der Waals surface area (Å²) in [6, 6.07) is 6.63. The monoisotopic (exact) mass is 304 g/mol. The lowest BCUT2D eigenvalue weighted by atomic mass is 10.3. The normalized spacial score (nSPS) is 13.6. The highest BCUT2D eigenvalue weighted by atomic mass is 35.5. The molecule has 0 spiro atoms. The van der Waals surface area contributed by atoms with Gasteiger partial charge in [0, 0.05) is 5.02 Å². The Hall–Kier alpha value is -1.04. The topological polar surface area (TPSA) is 63.6 Å². The van der Waals surface area contributed by atoms with Crippen LogP contribution in [0.4, 0.5) is 0 Å². The zero-order chi connectivity index (χ0) is 14.3. The molecule has 106 valence electrons. The molecule has 1 unspecified atom stereocenters. The average Bonchev–Trinajstić information content (AvgIpc) is 2.35. The summed E-state index contributed by atoms with van der Waals surface area (Å²) >= 11 is 5.72. The van der Waals surface area contributed by atoms with Gasteiger partial charge in [-0.25, -0.2) is 8.42 Å². The van der Waals surface area contributed by atoms with Crippen LogP contribution in [0.2, 0.25) is 5.02 Å². The molecule has 0 aromatic heterocycles. The molecule has 0 aliphatic heterocycles. The van der Waals surface area contributed by atoms with E-state index >= 15 is 0 Å². The van der Waals surface area contributed by atoms with Crippen molar-refractivity contribution in [2.75, 3.05) is 18.1 Å². The number of allylic oxidation sites excluding steroid dienone is 1. The van der Waals surface area contributed by atoms with Gasteiger partial charge in [0.25, 0.3) is 0 Å². The van der Waals surface area contributed by atoms with Gasteiger partial charge in [-0.1, -0.05) is 23.8 Å². The van der Waals surface area contributed by atoms with Gasteiger partial charge in [-0.2, -0.15) is 0 Å². The van der Waals surface area contributed by atoms with Crippen LogP contribution in [0.3, 0.4) is 0 Å². The van der Waals surface area contributed by atoms with Crippen molar-refractivity contribution in [2.24, 2.45) is 0 Å². The van der Waals surface area contributed by atoms with E-state index in [1.165, 1.54) is 0 Å². The van der Waals surface area contributed by atoms with Crippen LogP contribution < -0.4 is 4.74 Å². The van der Waals surface area contributed by atoms with Crippen LogP contribution in [0.25, 0.3) is 0 Å². The summed E-state index contributed by atoms with van der Waals surface area (Å²) < 4.78 is 28.4. The first kappa shape index (κ1) is 16.0. The first-order valence-corrected chi connectivity index (χ1v) is 8.01. The van der Waals surface area contributed by atoms with E-state index in [1.54, 1.807) is 43.3 Å². The molecule has 1 atom stereocenters. The fourth-order valence-electron chi connectivity index (χ4n) is 1.38. The van der Waals surface area contributed by atoms with Gasteiger partial charge in [0.2, 0.25) is 0 Å². The van der Waals surface area contributed by atoms with Gasteiger partial charge in [-0.05, 0) is 31.2 Å². The van der Waals surface area contributed by atoms with Crippen LogP contribution in [0.15, 0.2) is 36.4 Å². The number of hydrogen-bond donors (Lipinski definition) is 1. The van der Waals surface area contributed by atoms with Gasteiger partial charge >= 0.3 is 0 Å². The van der Waals surface area contributed by atoms with Crippen molar-refractivity contribution in [1.29, 1.82) is 0 Å². The predicted molar refractivity (Wildman–Crippen MR) is 76.4 cm³/mol. The van der Waals surface area contributed by atoms with Gasteiger partial charge in [0.15, 0.2) is 9.84 Å². The molecule has 1 N–H and O–H groups in total. The fraction of sp³-hybridized carbons (Fsp3) is 0.385. The minimum Gasteiger partial charge on any atom is -0.491 e. The third-order valence-corrected chi connectivity index (χ3v) is 4.13. The van der Waals surface area contributed by atoms with E-state index in [-0.39, 0.29) is 18.1 Å². The molecule has 0 radical (unpaired) electrons. The van der Waals surface area contributed by atoms with Crippen molar-refractivity contribution in [3.05, 3.63) is 41.4 Å². The molecule has 0 bridgehead atoms. The maximum absolute atomic E-state index is 11.6. The maximum atomic E-state index is 11.6. The summed E-state index contributed by atoms with van der Waals surface area (Å²) in [5.41, 5.74) is 0. The molecule has 1 aromatic carbocycles. The van der Waals surface area contributed by atoms with Crippen LogP contribution in [0, 0.1) is 0 Å². The molecule has 19 heavy (non-hydrogen) atoms. The number of aliphatic hydroxyl groups is 1. The number of benzene rings is 1.